The van der Waals surface area contributed by atoms with Crippen molar-refractivity contribution in [2.45, 2.75) is 18.7 Å². The van der Waals surface area contributed by atoms with Crippen molar-refractivity contribution in [3.63, 3.8) is 0 Å². The molecule has 0 spiro atoms. The second-order valence-electron chi connectivity index (χ2n) is 5.01. The Kier molecular flexibility index (Phi) is 4.52. The Morgan fingerprint density at radius 2 is 2.11 bits per heavy atom. The molecule has 1 aromatic carbocycles. The SMILES string of the molecule is CC(C)(CO)CNS(=O)(=O)c1ccc(N)cc1C#N. The van der Waals surface area contributed by atoms with E-state index in [1.807, 2.05) is 0 Å². The van der Waals surface area contributed by atoms with E-state index in [1.165, 1.54) is 18.2 Å². The van der Waals surface area contributed by atoms with Gasteiger partial charge in [-0.1, -0.05) is 13.8 Å². The van der Waals surface area contributed by atoms with E-state index in [0.29, 0.717) is 5.69 Å². The lowest BCUT2D eigenvalue weighted by Gasteiger charge is -2.22. The Bertz CT molecular complexity index is 603. The highest BCUT2D eigenvalue weighted by Crippen LogP contribution is 2.19. The lowest BCUT2D eigenvalue weighted by atomic mass is 9.96. The van der Waals surface area contributed by atoms with Gasteiger partial charge in [0.05, 0.1) is 10.5 Å². The van der Waals surface area contributed by atoms with E-state index >= 15 is 0 Å². The van der Waals surface area contributed by atoms with Crippen molar-refractivity contribution in [1.82, 2.24) is 4.72 Å². The van der Waals surface area contributed by atoms with Gasteiger partial charge in [-0.3, -0.25) is 0 Å². The average molecular weight is 283 g/mol. The summed E-state index contributed by atoms with van der Waals surface area (Å²) < 4.78 is 26.6. The van der Waals surface area contributed by atoms with Gasteiger partial charge < -0.3 is 10.8 Å². The molecule has 0 aromatic heterocycles. The zero-order chi connectivity index (χ0) is 14.7. The van der Waals surface area contributed by atoms with Crippen molar-refractivity contribution in [1.29, 1.82) is 5.26 Å². The molecule has 0 atom stereocenters. The Morgan fingerprint density at radius 1 is 1.47 bits per heavy atom. The van der Waals surface area contributed by atoms with Gasteiger partial charge in [-0.25, -0.2) is 13.1 Å². The van der Waals surface area contributed by atoms with Crippen LogP contribution in [0.4, 0.5) is 5.69 Å². The zero-order valence-electron chi connectivity index (χ0n) is 10.8. The summed E-state index contributed by atoms with van der Waals surface area (Å²) in [6, 6.07) is 5.83. The van der Waals surface area contributed by atoms with Gasteiger partial charge in [0.1, 0.15) is 6.07 Å². The molecule has 0 unspecified atom stereocenters. The van der Waals surface area contributed by atoms with Crippen LogP contribution in [0.15, 0.2) is 23.1 Å². The lowest BCUT2D eigenvalue weighted by molar-refractivity contribution is 0.163. The van der Waals surface area contributed by atoms with E-state index in [4.69, 9.17) is 16.1 Å². The quantitative estimate of drug-likeness (QED) is 0.678. The van der Waals surface area contributed by atoms with E-state index in [9.17, 15) is 8.42 Å². The van der Waals surface area contributed by atoms with Crippen LogP contribution < -0.4 is 10.5 Å². The molecule has 1 aromatic rings. The molecule has 0 fully saturated rings. The Hall–Kier alpha value is -1.62. The molecule has 0 radical (unpaired) electrons. The number of benzene rings is 1. The van der Waals surface area contributed by atoms with Crippen LogP contribution in [0, 0.1) is 16.7 Å². The number of hydrogen-bond acceptors (Lipinski definition) is 5. The number of nitrogens with two attached hydrogens (primary N) is 1. The van der Waals surface area contributed by atoms with E-state index in [-0.39, 0.29) is 23.6 Å². The number of nitriles is 1. The highest BCUT2D eigenvalue weighted by Gasteiger charge is 2.23. The highest BCUT2D eigenvalue weighted by atomic mass is 32.2. The topological polar surface area (TPSA) is 116 Å². The highest BCUT2D eigenvalue weighted by molar-refractivity contribution is 7.89. The predicted octanol–water partition coefficient (Wildman–Crippen LogP) is 0.437. The Morgan fingerprint density at radius 3 is 2.63 bits per heavy atom. The molecule has 0 amide bonds. The Labute approximate surface area is 112 Å². The predicted molar refractivity (Wildman–Crippen MR) is 71.6 cm³/mol. The number of nitrogen functional groups attached to an aromatic ring is 1. The van der Waals surface area contributed by atoms with Crippen molar-refractivity contribution in [3.05, 3.63) is 23.8 Å². The van der Waals surface area contributed by atoms with Crippen molar-refractivity contribution in [2.75, 3.05) is 18.9 Å². The van der Waals surface area contributed by atoms with Crippen LogP contribution in [0.3, 0.4) is 0 Å². The minimum absolute atomic E-state index is 0.00527. The first-order valence-electron chi connectivity index (χ1n) is 5.62. The molecular weight excluding hydrogens is 266 g/mol. The van der Waals surface area contributed by atoms with Gasteiger partial charge in [0.15, 0.2) is 0 Å². The number of nitrogens with zero attached hydrogens (tertiary/aromatic N) is 1. The summed E-state index contributed by atoms with van der Waals surface area (Å²) in [4.78, 5) is -0.113. The fourth-order valence-electron chi connectivity index (χ4n) is 1.29. The third-order valence-corrected chi connectivity index (χ3v) is 4.04. The molecule has 6 nitrogen and oxygen atoms in total. The molecule has 7 heteroatoms. The lowest BCUT2D eigenvalue weighted by Crippen LogP contribution is -2.36. The van der Waals surface area contributed by atoms with Gasteiger partial charge in [0, 0.05) is 24.3 Å². The smallest absolute Gasteiger partial charge is 0.241 e. The molecule has 1 rings (SSSR count). The van der Waals surface area contributed by atoms with E-state index in [0.717, 1.165) is 0 Å². The molecule has 104 valence electrons. The maximum absolute atomic E-state index is 12.1. The largest absolute Gasteiger partial charge is 0.399 e. The third-order valence-electron chi connectivity index (χ3n) is 2.58. The summed E-state index contributed by atoms with van der Waals surface area (Å²) in [6.07, 6.45) is 0. The maximum atomic E-state index is 12.1. The molecule has 0 heterocycles. The van der Waals surface area contributed by atoms with E-state index < -0.39 is 15.4 Å². The second-order valence-corrected chi connectivity index (χ2v) is 6.75. The second kappa shape index (κ2) is 5.57. The summed E-state index contributed by atoms with van der Waals surface area (Å²) in [5.41, 5.74) is 5.26. The fraction of sp³-hybridized carbons (Fsp3) is 0.417. The Balaban J connectivity index is 3.06. The molecule has 0 saturated heterocycles. The van der Waals surface area contributed by atoms with Gasteiger partial charge in [0.25, 0.3) is 0 Å². The number of hydrogen-bond donors (Lipinski definition) is 3. The molecule has 19 heavy (non-hydrogen) atoms. The number of sulfonamides is 1. The molecule has 0 aliphatic heterocycles. The van der Waals surface area contributed by atoms with Crippen LogP contribution in [-0.2, 0) is 10.0 Å². The van der Waals surface area contributed by atoms with Gasteiger partial charge in [0.2, 0.25) is 10.0 Å². The summed E-state index contributed by atoms with van der Waals surface area (Å²) in [7, 11) is -3.80. The summed E-state index contributed by atoms with van der Waals surface area (Å²) in [5, 5.41) is 18.0. The molecule has 0 aliphatic carbocycles. The van der Waals surface area contributed by atoms with Crippen molar-refractivity contribution < 1.29 is 13.5 Å². The summed E-state index contributed by atoms with van der Waals surface area (Å²) >= 11 is 0. The summed E-state index contributed by atoms with van der Waals surface area (Å²) in [6.45, 7) is 3.37. The third kappa shape index (κ3) is 3.92. The minimum atomic E-state index is -3.80. The fourth-order valence-corrected chi connectivity index (χ4v) is 2.67. The summed E-state index contributed by atoms with van der Waals surface area (Å²) in [5.74, 6) is 0. The molecule has 4 N–H and O–H groups in total. The first kappa shape index (κ1) is 15.4. The van der Waals surface area contributed by atoms with Crippen molar-refractivity contribution >= 4 is 15.7 Å². The van der Waals surface area contributed by atoms with Crippen molar-refractivity contribution in [3.8, 4) is 6.07 Å². The van der Waals surface area contributed by atoms with Crippen LogP contribution in [-0.4, -0.2) is 26.7 Å². The maximum Gasteiger partial charge on any atom is 0.241 e. The van der Waals surface area contributed by atoms with E-state index in [2.05, 4.69) is 4.72 Å². The minimum Gasteiger partial charge on any atom is -0.399 e. The number of nitrogens with one attached hydrogen (secondary N) is 1. The number of aliphatic hydroxyl groups is 1. The van der Waals surface area contributed by atoms with Gasteiger partial charge in [-0.2, -0.15) is 5.26 Å². The van der Waals surface area contributed by atoms with Crippen LogP contribution >= 0.6 is 0 Å². The molecule has 0 bridgehead atoms. The number of aliphatic hydroxyl groups excluding tert-OH is 1. The monoisotopic (exact) mass is 283 g/mol. The molecule has 0 saturated carbocycles. The van der Waals surface area contributed by atoms with Gasteiger partial charge >= 0.3 is 0 Å². The average Bonchev–Trinajstić information content (AvgIpc) is 2.36. The van der Waals surface area contributed by atoms with Gasteiger partial charge in [-0.05, 0) is 18.2 Å². The normalized spacial score (nSPS) is 12.1. The molecule has 0 aliphatic rings. The molecular formula is C12H17N3O3S. The van der Waals surface area contributed by atoms with Crippen molar-refractivity contribution in [2.24, 2.45) is 5.41 Å². The number of rotatable bonds is 5. The van der Waals surface area contributed by atoms with E-state index in [1.54, 1.807) is 19.9 Å². The van der Waals surface area contributed by atoms with Crippen LogP contribution in [0.25, 0.3) is 0 Å². The van der Waals surface area contributed by atoms with Gasteiger partial charge in [-0.15, -0.1) is 0 Å². The number of anilines is 1. The first-order valence-corrected chi connectivity index (χ1v) is 7.10. The van der Waals surface area contributed by atoms with Crippen LogP contribution in [0.1, 0.15) is 19.4 Å². The standard InChI is InChI=1S/C12H17N3O3S/c1-12(2,8-16)7-15-19(17,18)11-4-3-10(14)5-9(11)6-13/h3-5,15-16H,7-8,14H2,1-2H3. The zero-order valence-corrected chi connectivity index (χ0v) is 11.7. The first-order chi connectivity index (χ1) is 8.72. The van der Waals surface area contributed by atoms with Crippen LogP contribution in [0.2, 0.25) is 0 Å². The van der Waals surface area contributed by atoms with Crippen LogP contribution in [0.5, 0.6) is 0 Å².